The van der Waals surface area contributed by atoms with Gasteiger partial charge in [0.15, 0.2) is 0 Å². The molecule has 15 heavy (non-hydrogen) atoms. The van der Waals surface area contributed by atoms with Gasteiger partial charge >= 0.3 is 0 Å². The molecule has 2 rings (SSSR count). The van der Waals surface area contributed by atoms with Crippen molar-refractivity contribution in [3.05, 3.63) is 34.5 Å². The molecule has 0 atom stereocenters. The Bertz CT molecular complexity index is 542. The van der Waals surface area contributed by atoms with E-state index in [1.165, 1.54) is 11.1 Å². The second-order valence-corrected chi connectivity index (χ2v) is 4.21. The lowest BCUT2D eigenvalue weighted by Gasteiger charge is -2.11. The molecule has 0 saturated heterocycles. The maximum absolute atomic E-state index is 6.12. The number of nitrogens with two attached hydrogens (primary N) is 1. The largest absolute Gasteiger partial charge is 0.398 e. The SMILES string of the molecule is Cc1cc(C)c2nc(C)c(C)c(N)c2c1. The Morgan fingerprint density at radius 3 is 2.40 bits per heavy atom. The predicted octanol–water partition coefficient (Wildman–Crippen LogP) is 3.05. The van der Waals surface area contributed by atoms with Gasteiger partial charge in [-0.25, -0.2) is 0 Å². The minimum Gasteiger partial charge on any atom is -0.398 e. The summed E-state index contributed by atoms with van der Waals surface area (Å²) in [6.07, 6.45) is 0. The van der Waals surface area contributed by atoms with Crippen LogP contribution in [0.25, 0.3) is 10.9 Å². The van der Waals surface area contributed by atoms with E-state index in [-0.39, 0.29) is 0 Å². The standard InChI is InChI=1S/C13H16N2/c1-7-5-8(2)13-11(6-7)12(14)9(3)10(4)15-13/h5-6H,1-4H3,(H2,14,15). The highest BCUT2D eigenvalue weighted by Crippen LogP contribution is 2.27. The first kappa shape index (κ1) is 9.97. The van der Waals surface area contributed by atoms with E-state index >= 15 is 0 Å². The Hall–Kier alpha value is -1.57. The fourth-order valence-electron chi connectivity index (χ4n) is 1.96. The number of hydrogen-bond donors (Lipinski definition) is 1. The third kappa shape index (κ3) is 1.46. The maximum Gasteiger partial charge on any atom is 0.0755 e. The summed E-state index contributed by atoms with van der Waals surface area (Å²) in [5.74, 6) is 0. The molecule has 2 nitrogen and oxygen atoms in total. The van der Waals surface area contributed by atoms with Gasteiger partial charge in [0.1, 0.15) is 0 Å². The number of nitrogens with zero attached hydrogens (tertiary/aromatic N) is 1. The predicted molar refractivity (Wildman–Crippen MR) is 65.1 cm³/mol. The van der Waals surface area contributed by atoms with E-state index in [2.05, 4.69) is 31.0 Å². The molecule has 0 saturated carbocycles. The lowest BCUT2D eigenvalue weighted by atomic mass is 10.0. The summed E-state index contributed by atoms with van der Waals surface area (Å²) in [6.45, 7) is 8.19. The van der Waals surface area contributed by atoms with Crippen molar-refractivity contribution in [1.82, 2.24) is 4.98 Å². The average Bonchev–Trinajstić information content (AvgIpc) is 2.17. The number of aromatic nitrogens is 1. The van der Waals surface area contributed by atoms with Crippen molar-refractivity contribution in [1.29, 1.82) is 0 Å². The molecule has 0 fully saturated rings. The summed E-state index contributed by atoms with van der Waals surface area (Å²) in [5.41, 5.74) is 12.5. The first-order valence-electron chi connectivity index (χ1n) is 5.14. The summed E-state index contributed by atoms with van der Waals surface area (Å²) in [7, 11) is 0. The molecule has 1 aromatic heterocycles. The van der Waals surface area contributed by atoms with Crippen LogP contribution in [-0.2, 0) is 0 Å². The lowest BCUT2D eigenvalue weighted by Crippen LogP contribution is -1.99. The van der Waals surface area contributed by atoms with E-state index in [1.54, 1.807) is 0 Å². The maximum atomic E-state index is 6.12. The van der Waals surface area contributed by atoms with Crippen molar-refractivity contribution < 1.29 is 0 Å². The van der Waals surface area contributed by atoms with Crippen LogP contribution in [0.5, 0.6) is 0 Å². The van der Waals surface area contributed by atoms with E-state index in [1.807, 2.05) is 13.8 Å². The van der Waals surface area contributed by atoms with Gasteiger partial charge in [-0.05, 0) is 44.9 Å². The van der Waals surface area contributed by atoms with Crippen LogP contribution in [0.1, 0.15) is 22.4 Å². The third-order valence-electron chi connectivity index (χ3n) is 2.96. The summed E-state index contributed by atoms with van der Waals surface area (Å²) in [4.78, 5) is 4.60. The van der Waals surface area contributed by atoms with Gasteiger partial charge < -0.3 is 5.73 Å². The molecule has 2 heteroatoms. The molecule has 0 aliphatic heterocycles. The fourth-order valence-corrected chi connectivity index (χ4v) is 1.96. The Labute approximate surface area is 90.1 Å². The molecule has 0 amide bonds. The highest BCUT2D eigenvalue weighted by Gasteiger charge is 2.08. The van der Waals surface area contributed by atoms with Gasteiger partial charge in [0.05, 0.1) is 5.52 Å². The Kier molecular flexibility index (Phi) is 2.14. The molecule has 0 radical (unpaired) electrons. The molecule has 0 bridgehead atoms. The Balaban J connectivity index is 2.98. The lowest BCUT2D eigenvalue weighted by molar-refractivity contribution is 1.19. The van der Waals surface area contributed by atoms with Crippen LogP contribution in [0.4, 0.5) is 5.69 Å². The normalized spacial score (nSPS) is 10.9. The van der Waals surface area contributed by atoms with Gasteiger partial charge in [0.25, 0.3) is 0 Å². The van der Waals surface area contributed by atoms with Crippen molar-refractivity contribution >= 4 is 16.6 Å². The second-order valence-electron chi connectivity index (χ2n) is 4.21. The molecule has 0 aliphatic carbocycles. The van der Waals surface area contributed by atoms with Gasteiger partial charge in [-0.2, -0.15) is 0 Å². The van der Waals surface area contributed by atoms with Crippen LogP contribution in [0, 0.1) is 27.7 Å². The summed E-state index contributed by atoms with van der Waals surface area (Å²) in [6, 6.07) is 4.25. The van der Waals surface area contributed by atoms with Crippen molar-refractivity contribution in [3.63, 3.8) is 0 Å². The number of fused-ring (bicyclic) bond motifs is 1. The minimum absolute atomic E-state index is 0.865. The molecular weight excluding hydrogens is 184 g/mol. The number of aryl methyl sites for hydroxylation is 3. The Morgan fingerprint density at radius 1 is 1.07 bits per heavy atom. The van der Waals surface area contributed by atoms with Crippen LogP contribution >= 0.6 is 0 Å². The first-order chi connectivity index (χ1) is 7.00. The highest BCUT2D eigenvalue weighted by molar-refractivity contribution is 5.94. The number of benzene rings is 1. The van der Waals surface area contributed by atoms with Crippen LogP contribution in [0.2, 0.25) is 0 Å². The Morgan fingerprint density at radius 2 is 1.73 bits per heavy atom. The van der Waals surface area contributed by atoms with E-state index in [9.17, 15) is 0 Å². The van der Waals surface area contributed by atoms with Crippen LogP contribution in [0.3, 0.4) is 0 Å². The second kappa shape index (κ2) is 3.23. The average molecular weight is 200 g/mol. The van der Waals surface area contributed by atoms with Crippen molar-refractivity contribution in [3.8, 4) is 0 Å². The molecule has 1 heterocycles. The molecule has 1 aromatic carbocycles. The quantitative estimate of drug-likeness (QED) is 0.709. The molecular formula is C13H16N2. The molecule has 0 spiro atoms. The first-order valence-corrected chi connectivity index (χ1v) is 5.14. The van der Waals surface area contributed by atoms with Gasteiger partial charge in [0, 0.05) is 16.8 Å². The summed E-state index contributed by atoms with van der Waals surface area (Å²) >= 11 is 0. The summed E-state index contributed by atoms with van der Waals surface area (Å²) < 4.78 is 0. The van der Waals surface area contributed by atoms with Gasteiger partial charge in [0.2, 0.25) is 0 Å². The third-order valence-corrected chi connectivity index (χ3v) is 2.96. The van der Waals surface area contributed by atoms with Gasteiger partial charge in [-0.15, -0.1) is 0 Å². The molecule has 78 valence electrons. The smallest absolute Gasteiger partial charge is 0.0755 e. The zero-order valence-electron chi connectivity index (χ0n) is 9.68. The molecule has 0 aliphatic rings. The van der Waals surface area contributed by atoms with Gasteiger partial charge in [-0.1, -0.05) is 11.6 Å². The molecule has 2 aromatic rings. The topological polar surface area (TPSA) is 38.9 Å². The highest BCUT2D eigenvalue weighted by atomic mass is 14.7. The van der Waals surface area contributed by atoms with E-state index in [0.717, 1.165) is 27.8 Å². The number of nitrogen functional groups attached to an aromatic ring is 1. The van der Waals surface area contributed by atoms with Crippen LogP contribution in [0.15, 0.2) is 12.1 Å². The zero-order chi connectivity index (χ0) is 11.2. The zero-order valence-corrected chi connectivity index (χ0v) is 9.68. The van der Waals surface area contributed by atoms with Crippen LogP contribution < -0.4 is 5.73 Å². The number of rotatable bonds is 0. The minimum atomic E-state index is 0.865. The fraction of sp³-hybridized carbons (Fsp3) is 0.308. The number of hydrogen-bond acceptors (Lipinski definition) is 2. The number of anilines is 1. The van der Waals surface area contributed by atoms with Gasteiger partial charge in [-0.3, -0.25) is 4.98 Å². The molecule has 0 unspecified atom stereocenters. The van der Waals surface area contributed by atoms with Crippen molar-refractivity contribution in [2.45, 2.75) is 27.7 Å². The molecule has 2 N–H and O–H groups in total. The van der Waals surface area contributed by atoms with E-state index in [4.69, 9.17) is 5.73 Å². The van der Waals surface area contributed by atoms with E-state index < -0.39 is 0 Å². The number of pyridine rings is 1. The van der Waals surface area contributed by atoms with Crippen LogP contribution in [-0.4, -0.2) is 4.98 Å². The van der Waals surface area contributed by atoms with Crippen molar-refractivity contribution in [2.24, 2.45) is 0 Å². The summed E-state index contributed by atoms with van der Waals surface area (Å²) in [5, 5.41) is 1.08. The van der Waals surface area contributed by atoms with E-state index in [0.29, 0.717) is 0 Å². The van der Waals surface area contributed by atoms with Crippen molar-refractivity contribution in [2.75, 3.05) is 5.73 Å². The monoisotopic (exact) mass is 200 g/mol.